The third-order valence-corrected chi connectivity index (χ3v) is 9.25. The van der Waals surface area contributed by atoms with Crippen molar-refractivity contribution in [3.8, 4) is 45.0 Å². The Morgan fingerprint density at radius 3 is 1.67 bits per heavy atom. The molecule has 0 bridgehead atoms. The summed E-state index contributed by atoms with van der Waals surface area (Å²) in [4.78, 5) is 15.1. The molecule has 0 N–H and O–H groups in total. The van der Waals surface area contributed by atoms with Crippen LogP contribution < -0.4 is 0 Å². The Labute approximate surface area is 251 Å². The predicted octanol–water partition coefficient (Wildman–Crippen LogP) is 9.15. The van der Waals surface area contributed by atoms with Crippen LogP contribution in [0.25, 0.3) is 45.0 Å². The fraction of sp³-hybridized carbons (Fsp3) is 0.0750. The largest absolute Gasteiger partial charge is 0.212 e. The van der Waals surface area contributed by atoms with E-state index < -0.39 is 0 Å². The number of nitrogens with zero attached hydrogens (tertiary/aromatic N) is 3. The van der Waals surface area contributed by atoms with Gasteiger partial charge in [-0.1, -0.05) is 140 Å². The summed E-state index contributed by atoms with van der Waals surface area (Å²) in [5, 5.41) is 0. The van der Waals surface area contributed by atoms with Crippen LogP contribution in [0.4, 0.5) is 0 Å². The summed E-state index contributed by atoms with van der Waals surface area (Å²) in [5.41, 5.74) is 12.1. The van der Waals surface area contributed by atoms with Crippen molar-refractivity contribution in [1.82, 2.24) is 15.0 Å². The van der Waals surface area contributed by atoms with Gasteiger partial charge in [-0.05, 0) is 57.0 Å². The van der Waals surface area contributed by atoms with Crippen LogP contribution in [0.15, 0.2) is 146 Å². The van der Waals surface area contributed by atoms with E-state index in [9.17, 15) is 0 Å². The monoisotopic (exact) mass is 549 g/mol. The smallest absolute Gasteiger partial charge is 0.163 e. The van der Waals surface area contributed by atoms with Gasteiger partial charge in [-0.3, -0.25) is 0 Å². The Morgan fingerprint density at radius 1 is 0.488 bits per heavy atom. The van der Waals surface area contributed by atoms with Crippen LogP contribution in [0.5, 0.6) is 0 Å². The lowest BCUT2D eigenvalue weighted by molar-refractivity contribution is 0.764. The van der Waals surface area contributed by atoms with E-state index in [0.29, 0.717) is 11.6 Å². The molecule has 6 aromatic rings. The molecule has 0 saturated carbocycles. The number of benzene rings is 5. The summed E-state index contributed by atoms with van der Waals surface area (Å²) >= 11 is 0. The van der Waals surface area contributed by atoms with Crippen LogP contribution in [0.3, 0.4) is 0 Å². The van der Waals surface area contributed by atoms with Gasteiger partial charge in [-0.25, -0.2) is 15.0 Å². The van der Waals surface area contributed by atoms with E-state index in [0.717, 1.165) is 23.4 Å². The highest BCUT2D eigenvalue weighted by Gasteiger charge is 2.51. The van der Waals surface area contributed by atoms with E-state index in [-0.39, 0.29) is 11.3 Å². The average molecular weight is 550 g/mol. The van der Waals surface area contributed by atoms with Crippen molar-refractivity contribution in [2.24, 2.45) is 0 Å². The van der Waals surface area contributed by atoms with Crippen molar-refractivity contribution in [2.45, 2.75) is 17.8 Å². The number of fused-ring (bicyclic) bond motifs is 10. The average Bonchev–Trinajstić information content (AvgIpc) is 3.56. The van der Waals surface area contributed by atoms with Gasteiger partial charge >= 0.3 is 0 Å². The second-order valence-electron chi connectivity index (χ2n) is 11.5. The highest BCUT2D eigenvalue weighted by molar-refractivity contribution is 5.95. The molecule has 0 fully saturated rings. The number of allylic oxidation sites excluding steroid dienone is 4. The molecule has 9 rings (SSSR count). The lowest BCUT2D eigenvalue weighted by Gasteiger charge is -2.30. The van der Waals surface area contributed by atoms with Crippen molar-refractivity contribution >= 4 is 0 Å². The minimum absolute atomic E-state index is 0.124. The molecule has 3 aliphatic carbocycles. The fourth-order valence-corrected chi connectivity index (χ4v) is 7.41. The molecule has 202 valence electrons. The first kappa shape index (κ1) is 24.2. The highest BCUT2D eigenvalue weighted by Crippen LogP contribution is 2.62. The van der Waals surface area contributed by atoms with E-state index in [1.165, 1.54) is 44.5 Å². The van der Waals surface area contributed by atoms with Crippen molar-refractivity contribution in [3.63, 3.8) is 0 Å². The molecule has 1 heterocycles. The van der Waals surface area contributed by atoms with Gasteiger partial charge in [0.2, 0.25) is 0 Å². The normalized spacial score (nSPS) is 16.5. The van der Waals surface area contributed by atoms with E-state index in [1.807, 2.05) is 18.2 Å². The minimum atomic E-state index is -0.351. The molecule has 43 heavy (non-hydrogen) atoms. The summed E-state index contributed by atoms with van der Waals surface area (Å²) in [6, 6.07) is 43.8. The summed E-state index contributed by atoms with van der Waals surface area (Å²) in [6.45, 7) is 0. The molecule has 1 unspecified atom stereocenters. The van der Waals surface area contributed by atoms with Crippen LogP contribution in [0, 0.1) is 0 Å². The maximum absolute atomic E-state index is 5.09. The molecule has 3 aliphatic rings. The molecule has 3 nitrogen and oxygen atoms in total. The first-order valence-corrected chi connectivity index (χ1v) is 14.9. The number of rotatable bonds is 3. The Bertz CT molecular complexity index is 2080. The third-order valence-electron chi connectivity index (χ3n) is 9.25. The van der Waals surface area contributed by atoms with Crippen molar-refractivity contribution in [2.75, 3.05) is 0 Å². The van der Waals surface area contributed by atoms with Crippen LogP contribution in [0.1, 0.15) is 40.4 Å². The first-order chi connectivity index (χ1) is 21.3. The maximum atomic E-state index is 5.09. The molecule has 0 saturated heterocycles. The lowest BCUT2D eigenvalue weighted by Crippen LogP contribution is -2.25. The van der Waals surface area contributed by atoms with E-state index in [4.69, 9.17) is 15.0 Å². The molecule has 5 aromatic carbocycles. The third kappa shape index (κ3) is 3.45. The van der Waals surface area contributed by atoms with Crippen LogP contribution in [-0.2, 0) is 5.41 Å². The maximum Gasteiger partial charge on any atom is 0.163 e. The molecule has 0 radical (unpaired) electrons. The number of aromatic nitrogens is 3. The van der Waals surface area contributed by atoms with E-state index in [2.05, 4.69) is 127 Å². The van der Waals surface area contributed by atoms with Gasteiger partial charge in [0.25, 0.3) is 0 Å². The molecule has 0 aliphatic heterocycles. The molecular formula is C40H27N3. The molecule has 1 atom stereocenters. The summed E-state index contributed by atoms with van der Waals surface area (Å²) < 4.78 is 0. The van der Waals surface area contributed by atoms with Gasteiger partial charge in [0.15, 0.2) is 11.6 Å². The molecule has 1 spiro atoms. The second kappa shape index (κ2) is 9.30. The first-order valence-electron chi connectivity index (χ1n) is 14.9. The van der Waals surface area contributed by atoms with Gasteiger partial charge in [-0.15, -0.1) is 0 Å². The van der Waals surface area contributed by atoms with Crippen LogP contribution in [0.2, 0.25) is 0 Å². The SMILES string of the molecule is C1=CCC(c2nc(-c3ccccc3)nc(-c3ccc4c(c3)-c3ccccc3C43c4ccccc4-c4ccccc43)n2)C=C1. The summed E-state index contributed by atoms with van der Waals surface area (Å²) in [7, 11) is 0. The molecule has 1 aromatic heterocycles. The zero-order chi connectivity index (χ0) is 28.4. The Kier molecular flexibility index (Phi) is 5.24. The Morgan fingerprint density at radius 2 is 1.05 bits per heavy atom. The highest BCUT2D eigenvalue weighted by atomic mass is 15.0. The standard InChI is InChI=1S/C40H27N3/c1-3-13-26(14-4-1)37-41-38(27-15-5-2-6-16-27)43-39(42-37)28-23-24-36-32(25-28)31-19-9-12-22-35(31)40(36)33-20-10-7-17-29(33)30-18-8-11-21-34(30)40/h1-15,17-25,27H,16H2. The minimum Gasteiger partial charge on any atom is -0.212 e. The van der Waals surface area contributed by atoms with Gasteiger partial charge in [0, 0.05) is 17.0 Å². The fourth-order valence-electron chi connectivity index (χ4n) is 7.41. The quantitative estimate of drug-likeness (QED) is 0.221. The summed E-state index contributed by atoms with van der Waals surface area (Å²) in [5.74, 6) is 2.35. The van der Waals surface area contributed by atoms with E-state index >= 15 is 0 Å². The van der Waals surface area contributed by atoms with Gasteiger partial charge in [-0.2, -0.15) is 0 Å². The zero-order valence-electron chi connectivity index (χ0n) is 23.5. The number of hydrogen-bond acceptors (Lipinski definition) is 3. The van der Waals surface area contributed by atoms with Crippen molar-refractivity contribution < 1.29 is 0 Å². The van der Waals surface area contributed by atoms with Crippen LogP contribution in [-0.4, -0.2) is 15.0 Å². The van der Waals surface area contributed by atoms with Crippen molar-refractivity contribution in [3.05, 3.63) is 174 Å². The predicted molar refractivity (Wildman–Crippen MR) is 173 cm³/mol. The summed E-state index contributed by atoms with van der Waals surface area (Å²) in [6.07, 6.45) is 9.42. The van der Waals surface area contributed by atoms with Gasteiger partial charge in [0.05, 0.1) is 5.41 Å². The number of hydrogen-bond donors (Lipinski definition) is 0. The zero-order valence-corrected chi connectivity index (χ0v) is 23.5. The van der Waals surface area contributed by atoms with Gasteiger partial charge in [0.1, 0.15) is 5.82 Å². The Hall–Kier alpha value is -5.41. The van der Waals surface area contributed by atoms with E-state index in [1.54, 1.807) is 0 Å². The topological polar surface area (TPSA) is 38.7 Å². The second-order valence-corrected chi connectivity index (χ2v) is 11.5. The molecule has 0 amide bonds. The molecular weight excluding hydrogens is 522 g/mol. The molecule has 3 heteroatoms. The van der Waals surface area contributed by atoms with Crippen molar-refractivity contribution in [1.29, 1.82) is 0 Å². The van der Waals surface area contributed by atoms with Crippen LogP contribution >= 0.6 is 0 Å². The lowest BCUT2D eigenvalue weighted by atomic mass is 9.70. The van der Waals surface area contributed by atoms with Gasteiger partial charge < -0.3 is 0 Å². The Balaban J connectivity index is 1.28.